The Morgan fingerprint density at radius 2 is 2.17 bits per heavy atom. The van der Waals surface area contributed by atoms with E-state index in [-0.39, 0.29) is 17.2 Å². The minimum Gasteiger partial charge on any atom is -0.407 e. The molecule has 1 amide bonds. The SMILES string of the molecule is CNC(=O)[C@H]1CCN(c2nnc(C(C)(C)C)o2)C1. The fraction of sp³-hybridized carbons (Fsp3) is 0.750. The lowest BCUT2D eigenvalue weighted by molar-refractivity contribution is -0.123. The van der Waals surface area contributed by atoms with Gasteiger partial charge in [-0.05, 0) is 6.42 Å². The second-order valence-electron chi connectivity index (χ2n) is 5.69. The monoisotopic (exact) mass is 252 g/mol. The Balaban J connectivity index is 2.06. The topological polar surface area (TPSA) is 71.3 Å². The number of anilines is 1. The molecule has 0 unspecified atom stereocenters. The van der Waals surface area contributed by atoms with Crippen molar-refractivity contribution >= 4 is 11.9 Å². The Bertz CT molecular complexity index is 436. The number of hydrogen-bond donors (Lipinski definition) is 1. The summed E-state index contributed by atoms with van der Waals surface area (Å²) in [5.41, 5.74) is -0.148. The molecule has 0 radical (unpaired) electrons. The third-order valence-electron chi connectivity index (χ3n) is 3.13. The zero-order valence-corrected chi connectivity index (χ0v) is 11.4. The molecule has 100 valence electrons. The van der Waals surface area contributed by atoms with Gasteiger partial charge in [-0.15, -0.1) is 5.10 Å². The molecule has 1 N–H and O–H groups in total. The Hall–Kier alpha value is -1.59. The summed E-state index contributed by atoms with van der Waals surface area (Å²) >= 11 is 0. The first-order valence-electron chi connectivity index (χ1n) is 6.22. The quantitative estimate of drug-likeness (QED) is 0.848. The molecule has 1 aliphatic heterocycles. The average molecular weight is 252 g/mol. The minimum atomic E-state index is -0.148. The van der Waals surface area contributed by atoms with Gasteiger partial charge in [0.15, 0.2) is 0 Å². The summed E-state index contributed by atoms with van der Waals surface area (Å²) in [6.07, 6.45) is 0.826. The van der Waals surface area contributed by atoms with E-state index in [1.54, 1.807) is 7.05 Å². The third-order valence-corrected chi connectivity index (χ3v) is 3.13. The van der Waals surface area contributed by atoms with Gasteiger partial charge in [0.1, 0.15) is 0 Å². The first-order valence-corrected chi connectivity index (χ1v) is 6.22. The number of rotatable bonds is 2. The van der Waals surface area contributed by atoms with Gasteiger partial charge in [0.2, 0.25) is 11.8 Å². The highest BCUT2D eigenvalue weighted by Crippen LogP contribution is 2.27. The molecule has 1 aliphatic rings. The number of hydrogen-bond acceptors (Lipinski definition) is 5. The van der Waals surface area contributed by atoms with Crippen molar-refractivity contribution < 1.29 is 9.21 Å². The van der Waals surface area contributed by atoms with Gasteiger partial charge in [-0.1, -0.05) is 25.9 Å². The maximum absolute atomic E-state index is 11.6. The highest BCUT2D eigenvalue weighted by molar-refractivity contribution is 5.79. The van der Waals surface area contributed by atoms with Crippen LogP contribution in [0.4, 0.5) is 6.01 Å². The Kier molecular flexibility index (Phi) is 3.28. The highest BCUT2D eigenvalue weighted by atomic mass is 16.4. The Morgan fingerprint density at radius 1 is 1.44 bits per heavy atom. The molecule has 0 bridgehead atoms. The lowest BCUT2D eigenvalue weighted by Gasteiger charge is -2.14. The zero-order valence-electron chi connectivity index (χ0n) is 11.4. The van der Waals surface area contributed by atoms with Crippen molar-refractivity contribution in [2.24, 2.45) is 5.92 Å². The lowest BCUT2D eigenvalue weighted by atomic mass is 9.97. The van der Waals surface area contributed by atoms with Crippen LogP contribution in [0.15, 0.2) is 4.42 Å². The number of nitrogens with one attached hydrogen (secondary N) is 1. The average Bonchev–Trinajstić information content (AvgIpc) is 2.94. The van der Waals surface area contributed by atoms with Gasteiger partial charge < -0.3 is 14.6 Å². The predicted octanol–water partition coefficient (Wildman–Crippen LogP) is 0.939. The van der Waals surface area contributed by atoms with Crippen LogP contribution in [0.3, 0.4) is 0 Å². The van der Waals surface area contributed by atoms with Crippen LogP contribution in [0.2, 0.25) is 0 Å². The van der Waals surface area contributed by atoms with Crippen molar-refractivity contribution in [1.29, 1.82) is 0 Å². The second-order valence-corrected chi connectivity index (χ2v) is 5.69. The Morgan fingerprint density at radius 3 is 2.72 bits per heavy atom. The van der Waals surface area contributed by atoms with Crippen molar-refractivity contribution in [3.05, 3.63) is 5.89 Å². The summed E-state index contributed by atoms with van der Waals surface area (Å²) in [6.45, 7) is 7.51. The van der Waals surface area contributed by atoms with Gasteiger partial charge in [-0.2, -0.15) is 0 Å². The van der Waals surface area contributed by atoms with Crippen LogP contribution < -0.4 is 10.2 Å². The summed E-state index contributed by atoms with van der Waals surface area (Å²) in [6, 6.07) is 0.520. The first-order chi connectivity index (χ1) is 8.41. The van der Waals surface area contributed by atoms with Crippen molar-refractivity contribution in [2.75, 3.05) is 25.0 Å². The van der Waals surface area contributed by atoms with Gasteiger partial charge >= 0.3 is 6.01 Å². The molecular weight excluding hydrogens is 232 g/mol. The van der Waals surface area contributed by atoms with Gasteiger partial charge in [-0.3, -0.25) is 4.79 Å². The number of amides is 1. The molecule has 1 saturated heterocycles. The summed E-state index contributed by atoms with van der Waals surface area (Å²) in [5.74, 6) is 0.717. The molecule has 0 aliphatic carbocycles. The first kappa shape index (κ1) is 12.9. The smallest absolute Gasteiger partial charge is 0.318 e. The second kappa shape index (κ2) is 4.59. The van der Waals surface area contributed by atoms with E-state index in [4.69, 9.17) is 4.42 Å². The maximum atomic E-state index is 11.6. The molecule has 6 heteroatoms. The summed E-state index contributed by atoms with van der Waals surface area (Å²) in [4.78, 5) is 13.5. The molecule has 1 atom stereocenters. The normalized spacial score (nSPS) is 20.2. The number of carbonyl (C=O) groups excluding carboxylic acids is 1. The van der Waals surface area contributed by atoms with E-state index >= 15 is 0 Å². The number of carbonyl (C=O) groups is 1. The summed E-state index contributed by atoms with van der Waals surface area (Å²) in [7, 11) is 1.66. The van der Waals surface area contributed by atoms with Gasteiger partial charge in [-0.25, -0.2) is 0 Å². The number of aromatic nitrogens is 2. The van der Waals surface area contributed by atoms with Gasteiger partial charge in [0.05, 0.1) is 5.92 Å². The molecule has 0 saturated carbocycles. The molecule has 18 heavy (non-hydrogen) atoms. The van der Waals surface area contributed by atoms with E-state index in [9.17, 15) is 4.79 Å². The van der Waals surface area contributed by atoms with Crippen molar-refractivity contribution in [2.45, 2.75) is 32.6 Å². The van der Waals surface area contributed by atoms with E-state index < -0.39 is 0 Å². The van der Waals surface area contributed by atoms with Crippen LogP contribution in [-0.2, 0) is 10.2 Å². The van der Waals surface area contributed by atoms with E-state index in [2.05, 4.69) is 15.5 Å². The summed E-state index contributed by atoms with van der Waals surface area (Å²) in [5, 5.41) is 10.8. The third kappa shape index (κ3) is 2.47. The van der Waals surface area contributed by atoms with Crippen LogP contribution >= 0.6 is 0 Å². The van der Waals surface area contributed by atoms with Crippen LogP contribution in [0.25, 0.3) is 0 Å². The van der Waals surface area contributed by atoms with Crippen molar-refractivity contribution in [3.8, 4) is 0 Å². The van der Waals surface area contributed by atoms with Crippen molar-refractivity contribution in [1.82, 2.24) is 15.5 Å². The summed E-state index contributed by atoms with van der Waals surface area (Å²) < 4.78 is 5.67. The van der Waals surface area contributed by atoms with Crippen molar-refractivity contribution in [3.63, 3.8) is 0 Å². The van der Waals surface area contributed by atoms with E-state index in [0.717, 1.165) is 13.0 Å². The fourth-order valence-electron chi connectivity index (χ4n) is 2.00. The maximum Gasteiger partial charge on any atom is 0.318 e. The molecular formula is C12H20N4O2. The van der Waals surface area contributed by atoms with Gasteiger partial charge in [0.25, 0.3) is 0 Å². The zero-order chi connectivity index (χ0) is 13.3. The lowest BCUT2D eigenvalue weighted by Crippen LogP contribution is -2.30. The van der Waals surface area contributed by atoms with Gasteiger partial charge in [0, 0.05) is 25.6 Å². The van der Waals surface area contributed by atoms with E-state index in [1.165, 1.54) is 0 Å². The molecule has 0 aromatic carbocycles. The molecule has 2 rings (SSSR count). The van der Waals surface area contributed by atoms with E-state index in [0.29, 0.717) is 18.5 Å². The largest absolute Gasteiger partial charge is 0.407 e. The molecule has 0 spiro atoms. The van der Waals surface area contributed by atoms with E-state index in [1.807, 2.05) is 25.7 Å². The highest BCUT2D eigenvalue weighted by Gasteiger charge is 2.31. The Labute approximate surface area is 107 Å². The van der Waals surface area contributed by atoms with Crippen LogP contribution in [-0.4, -0.2) is 36.2 Å². The standard InChI is InChI=1S/C12H20N4O2/c1-12(2,3)10-14-15-11(18-10)16-6-5-8(7-16)9(17)13-4/h8H,5-7H2,1-4H3,(H,13,17)/t8-/m0/s1. The van der Waals surface area contributed by atoms with Crippen LogP contribution in [0, 0.1) is 5.92 Å². The molecule has 1 fully saturated rings. The molecule has 1 aromatic heterocycles. The minimum absolute atomic E-state index is 0.0139. The predicted molar refractivity (Wildman–Crippen MR) is 67.4 cm³/mol. The molecule has 1 aromatic rings. The molecule has 2 heterocycles. The van der Waals surface area contributed by atoms with Crippen LogP contribution in [0.1, 0.15) is 33.1 Å². The number of nitrogens with zero attached hydrogens (tertiary/aromatic N) is 3. The van der Waals surface area contributed by atoms with Crippen LogP contribution in [0.5, 0.6) is 0 Å². The fourth-order valence-corrected chi connectivity index (χ4v) is 2.00. The molecule has 6 nitrogen and oxygen atoms in total.